The van der Waals surface area contributed by atoms with Gasteiger partial charge < -0.3 is 0 Å². The van der Waals surface area contributed by atoms with Gasteiger partial charge in [0.1, 0.15) is 0 Å². The fourth-order valence-corrected chi connectivity index (χ4v) is 3.23. The zero-order chi connectivity index (χ0) is 18.0. The molecule has 0 aliphatic heterocycles. The van der Waals surface area contributed by atoms with E-state index in [-0.39, 0.29) is 11.6 Å². The first kappa shape index (κ1) is 16.8. The third-order valence-corrected chi connectivity index (χ3v) is 4.32. The average molecular weight is 353 g/mol. The van der Waals surface area contributed by atoms with Crippen molar-refractivity contribution in [2.45, 2.75) is 13.8 Å². The summed E-state index contributed by atoms with van der Waals surface area (Å²) in [5, 5.41) is 15.9. The van der Waals surface area contributed by atoms with E-state index in [0.717, 1.165) is 11.1 Å². The van der Waals surface area contributed by atoms with Gasteiger partial charge in [0.05, 0.1) is 10.6 Å². The molecule has 0 bridgehead atoms. The Bertz CT molecular complexity index is 945. The summed E-state index contributed by atoms with van der Waals surface area (Å²) in [7, 11) is 0. The van der Waals surface area contributed by atoms with Crippen LogP contribution in [0.1, 0.15) is 21.5 Å². The fourth-order valence-electron chi connectivity index (χ4n) is 2.52. The predicted molar refractivity (Wildman–Crippen MR) is 98.1 cm³/mol. The van der Waals surface area contributed by atoms with Gasteiger partial charge in [0.25, 0.3) is 11.6 Å². The van der Waals surface area contributed by atoms with E-state index in [1.54, 1.807) is 17.5 Å². The molecule has 6 nitrogen and oxygen atoms in total. The van der Waals surface area contributed by atoms with Gasteiger partial charge in [-0.05, 0) is 26.0 Å². The summed E-state index contributed by atoms with van der Waals surface area (Å²) in [6, 6.07) is 11.9. The number of benzene rings is 2. The SMILES string of the molecule is Cc1cc(C)cc(C(=O)Nc2nc(-c3cccc([N+](=O)[O-])c3)cs2)c1. The molecule has 3 aromatic rings. The predicted octanol–water partition coefficient (Wildman–Crippen LogP) is 4.59. The van der Waals surface area contributed by atoms with E-state index in [9.17, 15) is 14.9 Å². The van der Waals surface area contributed by atoms with Gasteiger partial charge >= 0.3 is 0 Å². The number of non-ortho nitro benzene ring substituents is 1. The molecule has 0 aliphatic rings. The lowest BCUT2D eigenvalue weighted by Crippen LogP contribution is -2.12. The first-order chi connectivity index (χ1) is 11.9. The number of carbonyl (C=O) groups excluding carboxylic acids is 1. The van der Waals surface area contributed by atoms with Crippen molar-refractivity contribution >= 4 is 28.1 Å². The number of aryl methyl sites for hydroxylation is 2. The quantitative estimate of drug-likeness (QED) is 0.549. The smallest absolute Gasteiger partial charge is 0.270 e. The van der Waals surface area contributed by atoms with Crippen molar-refractivity contribution in [2.75, 3.05) is 5.32 Å². The van der Waals surface area contributed by atoms with Crippen LogP contribution in [0.2, 0.25) is 0 Å². The summed E-state index contributed by atoms with van der Waals surface area (Å²) < 4.78 is 0. The molecule has 3 rings (SSSR count). The molecule has 0 aliphatic carbocycles. The van der Waals surface area contributed by atoms with E-state index in [1.165, 1.54) is 23.5 Å². The van der Waals surface area contributed by atoms with Gasteiger partial charge in [-0.3, -0.25) is 20.2 Å². The maximum absolute atomic E-state index is 12.4. The van der Waals surface area contributed by atoms with Crippen molar-refractivity contribution in [3.63, 3.8) is 0 Å². The van der Waals surface area contributed by atoms with E-state index in [2.05, 4.69) is 10.3 Å². The number of nitrogens with zero attached hydrogens (tertiary/aromatic N) is 2. The van der Waals surface area contributed by atoms with Crippen LogP contribution in [-0.4, -0.2) is 15.8 Å². The Kier molecular flexibility index (Phi) is 4.58. The molecule has 0 fully saturated rings. The number of hydrogen-bond acceptors (Lipinski definition) is 5. The van der Waals surface area contributed by atoms with Crippen molar-refractivity contribution in [3.05, 3.63) is 74.6 Å². The molecule has 126 valence electrons. The van der Waals surface area contributed by atoms with Gasteiger partial charge in [0, 0.05) is 28.6 Å². The summed E-state index contributed by atoms with van der Waals surface area (Å²) in [5.41, 5.74) is 3.83. The van der Waals surface area contributed by atoms with Crippen LogP contribution >= 0.6 is 11.3 Å². The third-order valence-electron chi connectivity index (χ3n) is 3.56. The minimum atomic E-state index is -0.446. The number of nitrogens with one attached hydrogen (secondary N) is 1. The van der Waals surface area contributed by atoms with Gasteiger partial charge in [-0.1, -0.05) is 29.3 Å². The van der Waals surface area contributed by atoms with Crippen LogP contribution < -0.4 is 5.32 Å². The number of rotatable bonds is 4. The van der Waals surface area contributed by atoms with Gasteiger partial charge in [-0.25, -0.2) is 4.98 Å². The number of carbonyl (C=O) groups is 1. The van der Waals surface area contributed by atoms with E-state index in [1.807, 2.05) is 32.0 Å². The molecule has 0 radical (unpaired) electrons. The number of nitro groups is 1. The molecular weight excluding hydrogens is 338 g/mol. The van der Waals surface area contributed by atoms with Crippen LogP contribution in [0.15, 0.2) is 47.8 Å². The molecule has 7 heteroatoms. The third kappa shape index (κ3) is 3.89. The molecular formula is C18H15N3O3S. The van der Waals surface area contributed by atoms with Crippen molar-refractivity contribution in [3.8, 4) is 11.3 Å². The number of aromatic nitrogens is 1. The van der Waals surface area contributed by atoms with Crippen LogP contribution in [0.5, 0.6) is 0 Å². The van der Waals surface area contributed by atoms with Gasteiger partial charge in [0.15, 0.2) is 5.13 Å². The van der Waals surface area contributed by atoms with Gasteiger partial charge in [-0.2, -0.15) is 0 Å². The summed E-state index contributed by atoms with van der Waals surface area (Å²) in [4.78, 5) is 27.2. The lowest BCUT2D eigenvalue weighted by molar-refractivity contribution is -0.384. The zero-order valence-electron chi connectivity index (χ0n) is 13.6. The highest BCUT2D eigenvalue weighted by atomic mass is 32.1. The van der Waals surface area contributed by atoms with E-state index in [0.29, 0.717) is 22.0 Å². The highest BCUT2D eigenvalue weighted by Gasteiger charge is 2.13. The molecule has 1 N–H and O–H groups in total. The Morgan fingerprint density at radius 1 is 1.16 bits per heavy atom. The standard InChI is InChI=1S/C18H15N3O3S/c1-11-6-12(2)8-14(7-11)17(22)20-18-19-16(10-25-18)13-4-3-5-15(9-13)21(23)24/h3-10H,1-2H3,(H,19,20,22). The second kappa shape index (κ2) is 6.82. The minimum absolute atomic E-state index is 0.00585. The maximum atomic E-state index is 12.4. The number of hydrogen-bond donors (Lipinski definition) is 1. The zero-order valence-corrected chi connectivity index (χ0v) is 14.5. The number of amides is 1. The van der Waals surface area contributed by atoms with Gasteiger partial charge in [-0.15, -0.1) is 11.3 Å². The summed E-state index contributed by atoms with van der Waals surface area (Å²) >= 11 is 1.28. The number of anilines is 1. The highest BCUT2D eigenvalue weighted by Crippen LogP contribution is 2.27. The first-order valence-corrected chi connectivity index (χ1v) is 8.40. The topological polar surface area (TPSA) is 85.1 Å². The fraction of sp³-hybridized carbons (Fsp3) is 0.111. The molecule has 0 unspecified atom stereocenters. The summed E-state index contributed by atoms with van der Waals surface area (Å²) in [6.07, 6.45) is 0. The van der Waals surface area contributed by atoms with Crippen LogP contribution in [0.25, 0.3) is 11.3 Å². The molecule has 0 atom stereocenters. The normalized spacial score (nSPS) is 10.5. The average Bonchev–Trinajstić information content (AvgIpc) is 3.02. The Labute approximate surface area is 148 Å². The summed E-state index contributed by atoms with van der Waals surface area (Å²) in [6.45, 7) is 3.88. The van der Waals surface area contributed by atoms with Crippen molar-refractivity contribution < 1.29 is 9.72 Å². The van der Waals surface area contributed by atoms with E-state index >= 15 is 0 Å². The Hall–Kier alpha value is -3.06. The molecule has 2 aromatic carbocycles. The first-order valence-electron chi connectivity index (χ1n) is 7.52. The van der Waals surface area contributed by atoms with Crippen LogP contribution in [0.4, 0.5) is 10.8 Å². The molecule has 0 saturated heterocycles. The second-order valence-electron chi connectivity index (χ2n) is 5.68. The Morgan fingerprint density at radius 2 is 1.88 bits per heavy atom. The monoisotopic (exact) mass is 353 g/mol. The minimum Gasteiger partial charge on any atom is -0.298 e. The van der Waals surface area contributed by atoms with Crippen LogP contribution in [-0.2, 0) is 0 Å². The van der Waals surface area contributed by atoms with E-state index in [4.69, 9.17) is 0 Å². The Morgan fingerprint density at radius 3 is 2.56 bits per heavy atom. The molecule has 1 heterocycles. The van der Waals surface area contributed by atoms with Crippen molar-refractivity contribution in [1.29, 1.82) is 0 Å². The number of thiazole rings is 1. The van der Waals surface area contributed by atoms with E-state index < -0.39 is 4.92 Å². The lowest BCUT2D eigenvalue weighted by atomic mass is 10.1. The second-order valence-corrected chi connectivity index (χ2v) is 6.53. The maximum Gasteiger partial charge on any atom is 0.270 e. The van der Waals surface area contributed by atoms with Crippen molar-refractivity contribution in [1.82, 2.24) is 4.98 Å². The molecule has 0 saturated carbocycles. The highest BCUT2D eigenvalue weighted by molar-refractivity contribution is 7.14. The molecule has 1 aromatic heterocycles. The lowest BCUT2D eigenvalue weighted by Gasteiger charge is -2.04. The van der Waals surface area contributed by atoms with Crippen molar-refractivity contribution in [2.24, 2.45) is 0 Å². The summed E-state index contributed by atoms with van der Waals surface area (Å²) in [5.74, 6) is -0.230. The number of nitro benzene ring substituents is 1. The van der Waals surface area contributed by atoms with Crippen LogP contribution in [0.3, 0.4) is 0 Å². The molecule has 1 amide bonds. The molecule has 0 spiro atoms. The molecule has 25 heavy (non-hydrogen) atoms. The van der Waals surface area contributed by atoms with Gasteiger partial charge in [0.2, 0.25) is 0 Å². The largest absolute Gasteiger partial charge is 0.298 e. The Balaban J connectivity index is 1.81. The van der Waals surface area contributed by atoms with Crippen LogP contribution in [0, 0.1) is 24.0 Å².